The van der Waals surface area contributed by atoms with Gasteiger partial charge in [0.25, 0.3) is 0 Å². The van der Waals surface area contributed by atoms with E-state index < -0.39 is 102 Å². The quantitative estimate of drug-likeness (QED) is 0.266. The molecule has 18 atom stereocenters. The number of rotatable bonds is 8. The summed E-state index contributed by atoms with van der Waals surface area (Å²) < 4.78 is 43.9. The number of ether oxygens (including phenoxy) is 7. The first kappa shape index (κ1) is 45.1. The molecule has 3 fully saturated rings. The van der Waals surface area contributed by atoms with Crippen molar-refractivity contribution >= 4 is 11.8 Å². The Morgan fingerprint density at radius 3 is 1.98 bits per heavy atom. The van der Waals surface area contributed by atoms with Crippen molar-refractivity contribution in [1.82, 2.24) is 4.90 Å². The van der Waals surface area contributed by atoms with Crippen LogP contribution in [0, 0.1) is 23.7 Å². The molecule has 0 aromatic heterocycles. The Balaban J connectivity index is 2.22. The smallest absolute Gasteiger partial charge is 0.311 e. The second-order valence-electron chi connectivity index (χ2n) is 16.6. The van der Waals surface area contributed by atoms with Gasteiger partial charge in [0.1, 0.15) is 29.7 Å². The van der Waals surface area contributed by atoms with Gasteiger partial charge in [0.15, 0.2) is 12.6 Å². The summed E-state index contributed by atoms with van der Waals surface area (Å²) in [4.78, 5) is 30.1. The fourth-order valence-corrected chi connectivity index (χ4v) is 8.58. The van der Waals surface area contributed by atoms with E-state index >= 15 is 0 Å². The molecule has 1 unspecified atom stereocenters. The molecular formula is C38H69NO13. The maximum absolute atomic E-state index is 14.2. The predicted molar refractivity (Wildman–Crippen MR) is 191 cm³/mol. The van der Waals surface area contributed by atoms with Gasteiger partial charge in [-0.3, -0.25) is 9.59 Å². The Morgan fingerprint density at radius 2 is 1.44 bits per heavy atom. The normalized spacial score (nSPS) is 49.0. The maximum atomic E-state index is 14.2. The molecule has 3 saturated heterocycles. The summed E-state index contributed by atoms with van der Waals surface area (Å²) in [6, 6.07) is -0.283. The lowest BCUT2D eigenvalue weighted by molar-refractivity contribution is -0.319. The molecule has 3 heterocycles. The van der Waals surface area contributed by atoms with Gasteiger partial charge >= 0.3 is 5.97 Å². The fourth-order valence-electron chi connectivity index (χ4n) is 8.58. The monoisotopic (exact) mass is 747 g/mol. The van der Waals surface area contributed by atoms with Crippen LogP contribution in [0.3, 0.4) is 0 Å². The van der Waals surface area contributed by atoms with E-state index in [4.69, 9.17) is 33.2 Å². The predicted octanol–water partition coefficient (Wildman–Crippen LogP) is 2.44. The Labute approximate surface area is 310 Å². The number of nitrogens with zero attached hydrogens (tertiary/aromatic N) is 1. The van der Waals surface area contributed by atoms with Gasteiger partial charge in [0.05, 0.1) is 47.6 Å². The number of carbonyl (C=O) groups is 2. The molecular weight excluding hydrogens is 678 g/mol. The molecule has 0 aromatic rings. The van der Waals surface area contributed by atoms with Crippen molar-refractivity contribution in [2.75, 3.05) is 28.3 Å². The molecule has 3 aliphatic rings. The van der Waals surface area contributed by atoms with Crippen molar-refractivity contribution in [3.8, 4) is 0 Å². The minimum absolute atomic E-state index is 0.111. The fraction of sp³-hybridized carbons (Fsp3) is 0.947. The van der Waals surface area contributed by atoms with Gasteiger partial charge in [0.2, 0.25) is 0 Å². The molecule has 0 amide bonds. The van der Waals surface area contributed by atoms with Crippen LogP contribution in [0.4, 0.5) is 0 Å². The number of methoxy groups -OCH3 is 2. The summed E-state index contributed by atoms with van der Waals surface area (Å²) in [7, 11) is 6.77. The number of ketones is 1. The molecule has 4 N–H and O–H groups in total. The first-order chi connectivity index (χ1) is 24.0. The van der Waals surface area contributed by atoms with Crippen LogP contribution in [0.5, 0.6) is 0 Å². The lowest BCUT2D eigenvalue weighted by Gasteiger charge is -2.50. The largest absolute Gasteiger partial charge is 0.459 e. The van der Waals surface area contributed by atoms with Crippen molar-refractivity contribution in [2.24, 2.45) is 23.7 Å². The average Bonchev–Trinajstić information content (AvgIpc) is 3.09. The minimum Gasteiger partial charge on any atom is -0.459 e. The van der Waals surface area contributed by atoms with Crippen molar-refractivity contribution in [3.63, 3.8) is 0 Å². The van der Waals surface area contributed by atoms with Crippen molar-refractivity contribution in [1.29, 1.82) is 0 Å². The SMILES string of the molecule is CC[C@H]1OC(=O)[C@H](C)[C@@H](O[C@H]2C[C@@](C)(OC)[C@@H](O)[C@H](C)O2)[C@H](C)[C@@H](O[C@@H]2O[C@H](C)C[C@H](N(C)C)[C@H]2O)C(C)(OC)C[C@@H](C)C(=O)[C@H](C)[C@@H](O)[C@]1(C)O. The van der Waals surface area contributed by atoms with E-state index in [0.29, 0.717) is 6.42 Å². The van der Waals surface area contributed by atoms with E-state index in [2.05, 4.69) is 0 Å². The number of hydrogen-bond acceptors (Lipinski definition) is 14. The zero-order chi connectivity index (χ0) is 39.7. The molecule has 304 valence electrons. The number of aliphatic hydroxyl groups is 4. The van der Waals surface area contributed by atoms with Crippen LogP contribution in [0.25, 0.3) is 0 Å². The summed E-state index contributed by atoms with van der Waals surface area (Å²) in [5.74, 6) is -4.47. The highest BCUT2D eigenvalue weighted by Crippen LogP contribution is 2.41. The molecule has 3 aliphatic heterocycles. The van der Waals surface area contributed by atoms with Gasteiger partial charge in [-0.25, -0.2) is 0 Å². The number of carbonyl (C=O) groups excluding carboxylic acids is 2. The third kappa shape index (κ3) is 9.38. The second kappa shape index (κ2) is 17.7. The Bertz CT molecular complexity index is 1190. The number of likely N-dealkylation sites (N-methyl/N-ethyl adjacent to an activating group) is 1. The van der Waals surface area contributed by atoms with Crippen LogP contribution in [0.1, 0.15) is 94.9 Å². The number of hydrogen-bond donors (Lipinski definition) is 4. The third-order valence-corrected chi connectivity index (χ3v) is 12.3. The number of esters is 1. The van der Waals surface area contributed by atoms with E-state index in [9.17, 15) is 30.0 Å². The molecule has 14 nitrogen and oxygen atoms in total. The lowest BCUT2D eigenvalue weighted by Crippen LogP contribution is -2.61. The topological polar surface area (TPSA) is 183 Å². The molecule has 0 aromatic carbocycles. The minimum atomic E-state index is -1.96. The molecule has 3 rings (SSSR count). The number of Topliss-reactive ketones (excluding diaryl/α,β-unsaturated/α-hetero) is 1. The van der Waals surface area contributed by atoms with Gasteiger partial charge < -0.3 is 58.5 Å². The van der Waals surface area contributed by atoms with Crippen LogP contribution in [-0.4, -0.2) is 150 Å². The lowest BCUT2D eigenvalue weighted by atomic mass is 9.74. The Morgan fingerprint density at radius 1 is 0.846 bits per heavy atom. The van der Waals surface area contributed by atoms with E-state index in [1.807, 2.05) is 32.8 Å². The van der Waals surface area contributed by atoms with Crippen LogP contribution >= 0.6 is 0 Å². The van der Waals surface area contributed by atoms with Gasteiger partial charge in [0, 0.05) is 44.4 Å². The highest BCUT2D eigenvalue weighted by molar-refractivity contribution is 5.83. The van der Waals surface area contributed by atoms with Crippen LogP contribution in [0.15, 0.2) is 0 Å². The van der Waals surface area contributed by atoms with Gasteiger partial charge in [-0.2, -0.15) is 0 Å². The number of cyclic esters (lactones) is 1. The van der Waals surface area contributed by atoms with Crippen LogP contribution in [-0.2, 0) is 42.7 Å². The summed E-state index contributed by atoms with van der Waals surface area (Å²) in [5, 5.41) is 45.6. The Hall–Kier alpha value is -1.30. The molecule has 0 aliphatic carbocycles. The van der Waals surface area contributed by atoms with Gasteiger partial charge in [-0.15, -0.1) is 0 Å². The molecule has 52 heavy (non-hydrogen) atoms. The van der Waals surface area contributed by atoms with Gasteiger partial charge in [-0.05, 0) is 74.9 Å². The first-order valence-corrected chi connectivity index (χ1v) is 18.9. The first-order valence-electron chi connectivity index (χ1n) is 18.9. The zero-order valence-corrected chi connectivity index (χ0v) is 33.9. The van der Waals surface area contributed by atoms with Gasteiger partial charge in [-0.1, -0.05) is 27.7 Å². The standard InChI is InChI=1S/C38H69NO13/c1-15-26-38(10,45)31(42)21(4)28(40)19(2)17-37(9,47-14)33(52-35-29(41)25(39(11)12)16-20(3)48-35)22(5)30(23(6)34(44)50-26)51-27-18-36(8,46-13)32(43)24(7)49-27/h19-27,29-33,35,41-43,45H,15-18H2,1-14H3/t19-,20-,21+,22+,23-,24+,25+,26-,27+,29-,30+,31-,32+,33-,35+,36-,37?,38-/m1/s1. The highest BCUT2D eigenvalue weighted by Gasteiger charge is 2.54. The highest BCUT2D eigenvalue weighted by atomic mass is 16.7. The summed E-state index contributed by atoms with van der Waals surface area (Å²) in [6.45, 7) is 17.1. The maximum Gasteiger partial charge on any atom is 0.311 e. The van der Waals surface area contributed by atoms with Crippen LogP contribution in [0.2, 0.25) is 0 Å². The van der Waals surface area contributed by atoms with E-state index in [1.54, 1.807) is 48.5 Å². The van der Waals surface area contributed by atoms with Crippen LogP contribution < -0.4 is 0 Å². The summed E-state index contributed by atoms with van der Waals surface area (Å²) in [5.41, 5.74) is -4.24. The summed E-state index contributed by atoms with van der Waals surface area (Å²) in [6.07, 6.45) is -8.73. The summed E-state index contributed by atoms with van der Waals surface area (Å²) >= 11 is 0. The Kier molecular flexibility index (Phi) is 15.3. The van der Waals surface area contributed by atoms with E-state index in [1.165, 1.54) is 21.1 Å². The molecule has 0 saturated carbocycles. The van der Waals surface area contributed by atoms with Crippen molar-refractivity contribution in [2.45, 2.75) is 179 Å². The third-order valence-electron chi connectivity index (χ3n) is 12.3. The molecule has 0 bridgehead atoms. The molecule has 0 spiro atoms. The van der Waals surface area contributed by atoms with Crippen molar-refractivity contribution < 1.29 is 63.2 Å². The van der Waals surface area contributed by atoms with E-state index in [0.717, 1.165) is 0 Å². The average molecular weight is 748 g/mol. The molecule has 14 heteroatoms. The number of aliphatic hydroxyl groups excluding tert-OH is 3. The molecule has 0 radical (unpaired) electrons. The zero-order valence-electron chi connectivity index (χ0n) is 33.9. The second-order valence-corrected chi connectivity index (χ2v) is 16.6. The van der Waals surface area contributed by atoms with E-state index in [-0.39, 0.29) is 37.2 Å². The van der Waals surface area contributed by atoms with Crippen molar-refractivity contribution in [3.05, 3.63) is 0 Å².